The molecular formula is C51H45N4O17PS. The van der Waals surface area contributed by atoms with Gasteiger partial charge in [-0.3, -0.25) is 44.8 Å². The van der Waals surface area contributed by atoms with Gasteiger partial charge in [0, 0.05) is 48.6 Å². The Hall–Kier alpha value is -8.59. The van der Waals surface area contributed by atoms with Crippen LogP contribution in [0.2, 0.25) is 0 Å². The summed E-state index contributed by atoms with van der Waals surface area (Å²) in [5.74, 6) is -2.66. The summed E-state index contributed by atoms with van der Waals surface area (Å²) in [6.07, 6.45) is -2.46. The van der Waals surface area contributed by atoms with E-state index in [9.17, 15) is 39.9 Å². The normalized spacial score (nSPS) is 14.3. The standard InChI is InChI=1S/C51H45N4O17PS/c1-35(67-32-36-17-23-39(24-18-36)53(60)61)47-45(31-46(56)74-30-29-66-51(59)69-34-38-21-27-41(28-22-38)55(64)65)52(48(47)57)49(50(58)68-33-37-19-25-40(26-20-37)54(62)63)73(70-42-11-5-2-6-12-42,71-43-13-7-3-8-14-43)72-44-15-9-4-10-16-44/h2-28,35,45,47H,29-34H2,1H3. The van der Waals surface area contributed by atoms with E-state index in [0.29, 0.717) is 16.7 Å². The van der Waals surface area contributed by atoms with Crippen LogP contribution >= 0.6 is 19.3 Å². The molecule has 0 spiro atoms. The molecule has 382 valence electrons. The van der Waals surface area contributed by atoms with Gasteiger partial charge >= 0.3 is 19.7 Å². The van der Waals surface area contributed by atoms with Crippen LogP contribution in [0.15, 0.2) is 164 Å². The summed E-state index contributed by atoms with van der Waals surface area (Å²) >= 11 is 0.764. The highest BCUT2D eigenvalue weighted by molar-refractivity contribution is 8.13. The van der Waals surface area contributed by atoms with Crippen molar-refractivity contribution < 1.29 is 66.5 Å². The number of hydrogen-bond donors (Lipinski definition) is 0. The molecule has 1 amide bonds. The Labute approximate surface area is 426 Å². The maximum absolute atomic E-state index is 15.2. The molecule has 1 heterocycles. The largest absolute Gasteiger partial charge is 0.508 e. The van der Waals surface area contributed by atoms with E-state index in [1.807, 2.05) is 0 Å². The highest BCUT2D eigenvalue weighted by Crippen LogP contribution is 2.55. The minimum absolute atomic E-state index is 0.0703. The van der Waals surface area contributed by atoms with Crippen molar-refractivity contribution in [2.24, 2.45) is 5.92 Å². The molecule has 23 heteroatoms. The van der Waals surface area contributed by atoms with E-state index in [1.54, 1.807) is 97.9 Å². The first kappa shape index (κ1) is 53.2. The molecule has 7 rings (SSSR count). The van der Waals surface area contributed by atoms with Gasteiger partial charge in [0.25, 0.3) is 17.1 Å². The van der Waals surface area contributed by atoms with Crippen LogP contribution in [0.5, 0.6) is 17.2 Å². The Morgan fingerprint density at radius 1 is 0.581 bits per heavy atom. The second kappa shape index (κ2) is 25.2. The molecule has 1 fully saturated rings. The maximum Gasteiger partial charge on any atom is 0.508 e. The number of carbonyl (C=O) groups is 4. The van der Waals surface area contributed by atoms with Crippen molar-refractivity contribution in [1.29, 1.82) is 0 Å². The van der Waals surface area contributed by atoms with Crippen molar-refractivity contribution in [1.82, 2.24) is 4.90 Å². The molecule has 21 nitrogen and oxygen atoms in total. The number of rotatable bonds is 24. The second-order valence-corrected chi connectivity index (χ2v) is 19.1. The molecule has 0 aromatic heterocycles. The predicted octanol–water partition coefficient (Wildman–Crippen LogP) is 10.0. The zero-order valence-corrected chi connectivity index (χ0v) is 40.9. The number of β-lactam (4-membered cyclic amide) rings is 1. The molecule has 0 N–H and O–H groups in total. The highest BCUT2D eigenvalue weighted by Gasteiger charge is 2.58. The number of para-hydroxylation sites is 3. The maximum atomic E-state index is 15.2. The number of ether oxygens (including phenoxy) is 4. The van der Waals surface area contributed by atoms with Crippen LogP contribution in [0, 0.1) is 36.3 Å². The summed E-state index contributed by atoms with van der Waals surface area (Å²) in [6.45, 7) is 0.505. The highest BCUT2D eigenvalue weighted by atomic mass is 32.2. The number of likely N-dealkylation sites (tertiary alicyclic amines) is 1. The van der Waals surface area contributed by atoms with Crippen LogP contribution < -0.4 is 13.6 Å². The fraction of sp³-hybridized carbons (Fsp3) is 0.196. The monoisotopic (exact) mass is 1050 g/mol. The van der Waals surface area contributed by atoms with E-state index in [0.717, 1.165) is 16.7 Å². The van der Waals surface area contributed by atoms with Crippen LogP contribution in [0.25, 0.3) is 0 Å². The van der Waals surface area contributed by atoms with Gasteiger partial charge in [0.05, 0.1) is 39.4 Å². The van der Waals surface area contributed by atoms with Gasteiger partial charge < -0.3 is 32.5 Å². The molecule has 0 saturated carbocycles. The van der Waals surface area contributed by atoms with E-state index in [-0.39, 0.29) is 59.9 Å². The third-order valence-corrected chi connectivity index (χ3v) is 14.1. The number of hydrogen-bond acceptors (Lipinski definition) is 18. The minimum atomic E-state index is -4.57. The molecule has 74 heavy (non-hydrogen) atoms. The first-order valence-electron chi connectivity index (χ1n) is 22.5. The fourth-order valence-corrected chi connectivity index (χ4v) is 10.4. The average Bonchev–Trinajstić information content (AvgIpc) is 3.41. The number of nitrogens with zero attached hydrogens (tertiary/aromatic N) is 4. The Bertz CT molecular complexity index is 2900. The zero-order valence-electron chi connectivity index (χ0n) is 39.1. The lowest BCUT2D eigenvalue weighted by Gasteiger charge is -2.49. The molecule has 0 radical (unpaired) electrons. The summed E-state index contributed by atoms with van der Waals surface area (Å²) in [5, 5.41) is 33.2. The number of amides is 1. The number of thioether (sulfide) groups is 1. The van der Waals surface area contributed by atoms with Crippen molar-refractivity contribution >= 4 is 65.0 Å². The summed E-state index contributed by atoms with van der Waals surface area (Å²) in [7, 11) is -4.57. The fourth-order valence-electron chi connectivity index (χ4n) is 7.33. The predicted molar refractivity (Wildman–Crippen MR) is 269 cm³/mol. The lowest BCUT2D eigenvalue weighted by atomic mass is 9.81. The number of non-ortho nitro benzene ring substituents is 3. The zero-order chi connectivity index (χ0) is 52.6. The minimum Gasteiger partial charge on any atom is -0.456 e. The van der Waals surface area contributed by atoms with Gasteiger partial charge in [0.2, 0.25) is 11.3 Å². The Morgan fingerprint density at radius 3 is 1.41 bits per heavy atom. The molecule has 1 aliphatic rings. The first-order valence-corrected chi connectivity index (χ1v) is 25.0. The van der Waals surface area contributed by atoms with Gasteiger partial charge in [-0.2, -0.15) is 0 Å². The van der Waals surface area contributed by atoms with E-state index in [2.05, 4.69) is 0 Å². The summed E-state index contributed by atoms with van der Waals surface area (Å²) in [5.41, 5.74) is 0.297. The van der Waals surface area contributed by atoms with E-state index in [4.69, 9.17) is 32.5 Å². The Kier molecular flexibility index (Phi) is 18.1. The van der Waals surface area contributed by atoms with E-state index in [1.165, 1.54) is 72.8 Å². The molecule has 1 aliphatic heterocycles. The van der Waals surface area contributed by atoms with Crippen LogP contribution in [-0.4, -0.2) is 72.7 Å². The third kappa shape index (κ3) is 14.1. The topological polar surface area (TPSA) is 266 Å². The number of esters is 1. The first-order chi connectivity index (χ1) is 35.7. The number of nitro benzene ring substituents is 3. The lowest BCUT2D eigenvalue weighted by Crippen LogP contribution is -2.68. The molecule has 1 saturated heterocycles. The van der Waals surface area contributed by atoms with Crippen molar-refractivity contribution in [3.8, 4) is 17.2 Å². The van der Waals surface area contributed by atoms with Gasteiger partial charge in [-0.05, 0) is 96.4 Å². The van der Waals surface area contributed by atoms with Crippen LogP contribution in [0.1, 0.15) is 30.0 Å². The van der Waals surface area contributed by atoms with Gasteiger partial charge in [0.15, 0.2) is 5.12 Å². The van der Waals surface area contributed by atoms with Gasteiger partial charge in [-0.15, -0.1) is 0 Å². The molecule has 3 unspecified atom stereocenters. The second-order valence-electron chi connectivity index (χ2n) is 16.0. The van der Waals surface area contributed by atoms with E-state index >= 15 is 9.59 Å². The molecular weight excluding hydrogens is 1000 g/mol. The SMILES string of the molecule is CC(OCc1ccc([N+](=O)[O-])cc1)C1C(=O)N(C(C(=O)OCc2ccc([N+](=O)[O-])cc2)=P(Oc2ccccc2)(Oc2ccccc2)Oc2ccccc2)C1CC(=O)SCCOC(=O)OCc1ccc([N+](=O)[O-])cc1. The van der Waals surface area contributed by atoms with Gasteiger partial charge in [-0.1, -0.05) is 66.4 Å². The smallest absolute Gasteiger partial charge is 0.456 e. The lowest BCUT2D eigenvalue weighted by molar-refractivity contribution is -0.385. The number of benzene rings is 6. The average molecular weight is 1050 g/mol. The molecule has 0 aliphatic carbocycles. The van der Waals surface area contributed by atoms with Gasteiger partial charge in [0.1, 0.15) is 37.1 Å². The Balaban J connectivity index is 1.25. The van der Waals surface area contributed by atoms with Crippen LogP contribution in [0.3, 0.4) is 0 Å². The summed E-state index contributed by atoms with van der Waals surface area (Å²) in [6, 6.07) is 39.7. The summed E-state index contributed by atoms with van der Waals surface area (Å²) in [4.78, 5) is 90.0. The molecule has 6 aromatic rings. The van der Waals surface area contributed by atoms with Crippen LogP contribution in [-0.2, 0) is 53.2 Å². The number of carbonyl (C=O) groups excluding carboxylic acids is 4. The molecule has 3 atom stereocenters. The van der Waals surface area contributed by atoms with Crippen molar-refractivity contribution in [2.75, 3.05) is 12.4 Å². The third-order valence-electron chi connectivity index (χ3n) is 11.0. The summed E-state index contributed by atoms with van der Waals surface area (Å²) < 4.78 is 42.7. The van der Waals surface area contributed by atoms with Crippen molar-refractivity contribution in [3.05, 3.63) is 211 Å². The van der Waals surface area contributed by atoms with Crippen molar-refractivity contribution in [3.63, 3.8) is 0 Å². The van der Waals surface area contributed by atoms with E-state index < -0.39 is 82.0 Å². The van der Waals surface area contributed by atoms with Crippen molar-refractivity contribution in [2.45, 2.75) is 45.3 Å². The Morgan fingerprint density at radius 2 is 0.986 bits per heavy atom. The molecule has 6 aromatic carbocycles. The molecule has 0 bridgehead atoms. The van der Waals surface area contributed by atoms with Gasteiger partial charge in [-0.25, -0.2) is 9.59 Å². The number of nitro groups is 3. The van der Waals surface area contributed by atoms with Crippen LogP contribution in [0.4, 0.5) is 21.9 Å². The quantitative estimate of drug-likeness (QED) is 0.0136.